The number of rotatable bonds is 13. The average Bonchev–Trinajstić information content (AvgIpc) is 0.649. The molecular formula is C45H66N2O7. The normalized spacial score (nSPS) is 46.6. The minimum absolute atomic E-state index is 0.558. The smallest absolute Gasteiger partial charge is 0.344 e. The molecule has 0 saturated heterocycles. The standard InChI is InChI=1S/C22H31NO3.C15H20O3.C8H15NO/c1-3-23(4-2)17-11-12-18-26-21(24)22(25,19-13-7-5-8-14-19)20-15-9-6-10-16-20;1-18-14(16)15(17,12-8-4-2-5-9-12)13-10-6-3-7-11-13;1-3-9(4-2)7-5-6-8-10/h5,7-8,13-14,20,25H,3-4,6,9-10,15-18H2,1-2H3;2,4-5,8-9,13,17H,3,6-7,10-11H2,1H3;10H,3-4,7-8H2,1-2H3/t22-;15-;/m00./s1/i1D3,2D3,3D2,4D2,5D,6D2,7D,8D,9D2,10D2,13D,14D,15D2,16D2,17D2,18D2,20D;2D,3D2,4D,5D,6D2,7D2,8D,9D,10D2,11D2,13D;1D3,2D3,3D2,4D2,7D2,8D2. The summed E-state index contributed by atoms with van der Waals surface area (Å²) in [6.07, 6.45) is -43.8. The van der Waals surface area contributed by atoms with Crippen LogP contribution in [0.4, 0.5) is 0 Å². The van der Waals surface area contributed by atoms with E-state index in [0.717, 1.165) is 11.8 Å². The molecule has 2 aromatic carbocycles. The maximum absolute atomic E-state index is 14.1. The molecule has 9 heteroatoms. The fraction of sp³-hybridized carbons (Fsp3) is 0.600. The van der Waals surface area contributed by atoms with Gasteiger partial charge in [-0.3, -0.25) is 9.80 Å². The summed E-state index contributed by atoms with van der Waals surface area (Å²) in [7, 11) is 0.558. The summed E-state index contributed by atoms with van der Waals surface area (Å²) in [6, 6.07) is -14.2. The number of carbonyl (C=O) groups excluding carboxylic acids is 2. The number of benzene rings is 2. The maximum Gasteiger partial charge on any atom is 0.344 e. The van der Waals surface area contributed by atoms with Crippen LogP contribution in [0.15, 0.2) is 60.4 Å². The van der Waals surface area contributed by atoms with E-state index in [2.05, 4.69) is 9.47 Å². The van der Waals surface area contributed by atoms with Gasteiger partial charge in [-0.1, -0.05) is 150 Å². The molecule has 0 bridgehead atoms. The largest absolute Gasteiger partial charge is 0.467 e. The molecule has 2 fully saturated rings. The maximum atomic E-state index is 14.1. The summed E-state index contributed by atoms with van der Waals surface area (Å²) in [5, 5.41) is 32.7. The first-order valence-corrected chi connectivity index (χ1v) is 13.4. The lowest BCUT2D eigenvalue weighted by Crippen LogP contribution is -2.45. The molecule has 0 heterocycles. The van der Waals surface area contributed by atoms with Crippen LogP contribution in [0.5, 0.6) is 0 Å². The highest BCUT2D eigenvalue weighted by Crippen LogP contribution is 2.41. The monoisotopic (exact) mass is 807 g/mol. The Morgan fingerprint density at radius 2 is 1.15 bits per heavy atom. The van der Waals surface area contributed by atoms with Crippen molar-refractivity contribution in [2.75, 3.05) is 59.2 Å². The van der Waals surface area contributed by atoms with Crippen LogP contribution in [0.3, 0.4) is 0 Å². The molecule has 2 atom stereocenters. The van der Waals surface area contributed by atoms with Crippen molar-refractivity contribution in [3.8, 4) is 23.7 Å². The Morgan fingerprint density at radius 3 is 1.54 bits per heavy atom. The number of aliphatic hydroxyl groups is 3. The van der Waals surface area contributed by atoms with Crippen molar-refractivity contribution in [1.29, 1.82) is 0 Å². The second-order valence-electron chi connectivity index (χ2n) is 8.36. The van der Waals surface area contributed by atoms with Gasteiger partial charge in [0.1, 0.15) is 6.56 Å². The first-order valence-electron chi connectivity index (χ1n) is 43.4. The predicted molar refractivity (Wildman–Crippen MR) is 215 cm³/mol. The summed E-state index contributed by atoms with van der Waals surface area (Å²) in [5.74, 6) is -9.78. The Balaban J connectivity index is 0.000000642. The zero-order valence-corrected chi connectivity index (χ0v) is 26.9. The van der Waals surface area contributed by atoms with Gasteiger partial charge in [0.25, 0.3) is 0 Å². The van der Waals surface area contributed by atoms with Crippen LogP contribution in [0.25, 0.3) is 0 Å². The van der Waals surface area contributed by atoms with Gasteiger partial charge in [-0.25, -0.2) is 9.59 Å². The van der Waals surface area contributed by atoms with Crippen molar-refractivity contribution in [3.63, 3.8) is 0 Å². The van der Waals surface area contributed by atoms with Gasteiger partial charge in [-0.05, 0) is 62.6 Å². The Hall–Kier alpha value is -3.70. The zero-order chi connectivity index (χ0) is 92.5. The lowest BCUT2D eigenvalue weighted by Gasteiger charge is -2.36. The van der Waals surface area contributed by atoms with E-state index in [4.69, 9.17) is 87.4 Å². The van der Waals surface area contributed by atoms with Crippen LogP contribution in [-0.4, -0.2) is 96.3 Å². The second-order valence-corrected chi connectivity index (χ2v) is 8.36. The van der Waals surface area contributed by atoms with Gasteiger partial charge >= 0.3 is 11.9 Å². The van der Waals surface area contributed by atoms with Gasteiger partial charge in [0.15, 0.2) is 17.8 Å². The van der Waals surface area contributed by atoms with Crippen LogP contribution in [0, 0.1) is 35.5 Å². The van der Waals surface area contributed by atoms with Crippen molar-refractivity contribution in [3.05, 3.63) is 71.6 Å². The van der Waals surface area contributed by atoms with Crippen molar-refractivity contribution in [1.82, 2.24) is 9.80 Å². The molecule has 2 aliphatic carbocycles. The lowest BCUT2D eigenvalue weighted by molar-refractivity contribution is -0.174. The topological polar surface area (TPSA) is 120 Å². The summed E-state index contributed by atoms with van der Waals surface area (Å²) < 4.78 is 480. The molecule has 3 N–H and O–H groups in total. The summed E-state index contributed by atoms with van der Waals surface area (Å²) >= 11 is 0. The molecule has 54 heavy (non-hydrogen) atoms. The molecule has 0 amide bonds. The van der Waals surface area contributed by atoms with E-state index < -0.39 is 260 Å². The van der Waals surface area contributed by atoms with E-state index >= 15 is 0 Å². The van der Waals surface area contributed by atoms with E-state index in [1.54, 1.807) is 0 Å². The number of hydrogen-bond acceptors (Lipinski definition) is 9. The Kier molecular flexibility index (Phi) is 4.78. The minimum atomic E-state index is -5.08. The molecule has 0 aliphatic heterocycles. The number of carbonyl (C=O) groups is 2. The van der Waals surface area contributed by atoms with Crippen molar-refractivity contribution in [2.24, 2.45) is 11.8 Å². The SMILES string of the molecule is [2H]C([2H])(O)C#CC([2H])([2H])N(C([2H])([2H])C([2H])([2H])[2H])C([2H])([2H])C([2H])([2H])[2H].[2H]c1c([2H])c([2H])c([C@@](O)(C(=O)OC([2H])([2H])C#CC([2H])([2H])N(C([2H])([2H])C([2H])([2H])[2H])C([2H])([2H])C([2H])([2H])[2H])C2([2H])C([2H])([2H])C([2H])([2H])C([2H])([2H])C([2H])([2H])C2([2H])[2H])c([2H])c1[2H].[2H]c1c([2H])c([2H])c([C@@](O)(C(=O)OC)C2([2H])C([2H])([2H])C([2H])([2H])C([2H])([2H])C([2H])([2H])C2([2H])[2H])c([2H])c1[2H]. The molecular weight excluding hydrogens is 681 g/mol. The molecule has 0 unspecified atom stereocenters. The van der Waals surface area contributed by atoms with Crippen LogP contribution < -0.4 is 0 Å². The molecule has 0 spiro atoms. The number of methoxy groups -OCH3 is 1. The van der Waals surface area contributed by atoms with Gasteiger partial charge in [-0.2, -0.15) is 0 Å². The highest BCUT2D eigenvalue weighted by Gasteiger charge is 2.48. The highest BCUT2D eigenvalue weighted by molar-refractivity contribution is 5.82. The first kappa shape index (κ1) is 9.87. The molecule has 9 nitrogen and oxygen atoms in total. The Bertz CT molecular complexity index is 3980. The number of nitrogens with zero attached hydrogens (tertiary/aromatic N) is 2. The molecule has 0 aromatic heterocycles. The zero-order valence-electron chi connectivity index (χ0n) is 86.9. The van der Waals surface area contributed by atoms with Gasteiger partial charge < -0.3 is 24.8 Å². The fourth-order valence-electron chi connectivity index (χ4n) is 3.06. The number of hydrogen-bond donors (Lipinski definition) is 3. The van der Waals surface area contributed by atoms with Crippen LogP contribution >= 0.6 is 0 Å². The fourth-order valence-corrected chi connectivity index (χ4v) is 3.06. The molecule has 2 saturated carbocycles. The van der Waals surface area contributed by atoms with E-state index in [-0.39, 0.29) is 0 Å². The number of ether oxygens (including phenoxy) is 2. The Morgan fingerprint density at radius 1 is 0.741 bits per heavy atom. The molecule has 2 aliphatic rings. The Labute approximate surface area is 409 Å². The van der Waals surface area contributed by atoms with Crippen molar-refractivity contribution >= 4 is 11.9 Å². The second kappa shape index (κ2) is 26.2. The third-order valence-electron chi connectivity index (χ3n) is 5.38. The minimum Gasteiger partial charge on any atom is -0.467 e. The molecule has 298 valence electrons. The molecule has 0 radical (unpaired) electrons. The van der Waals surface area contributed by atoms with E-state index in [1.165, 1.54) is 11.8 Å². The molecule has 4 rings (SSSR count). The van der Waals surface area contributed by atoms with Crippen LogP contribution in [0.2, 0.25) is 0 Å². The quantitative estimate of drug-likeness (QED) is 0.159. The predicted octanol–water partition coefficient (Wildman–Crippen LogP) is 6.29. The highest BCUT2D eigenvalue weighted by atomic mass is 16.6. The van der Waals surface area contributed by atoms with Crippen molar-refractivity contribution < 1.29 is 117 Å². The van der Waals surface area contributed by atoms with Crippen molar-refractivity contribution in [2.45, 2.75) is 102 Å². The van der Waals surface area contributed by atoms with E-state index in [9.17, 15) is 19.8 Å². The third kappa shape index (κ3) is 14.2. The number of esters is 2. The first-order chi connectivity index (χ1) is 49.1. The van der Waals surface area contributed by atoms with E-state index in [1.807, 2.05) is 0 Å². The summed E-state index contributed by atoms with van der Waals surface area (Å²) in [4.78, 5) is 25.2. The average molecular weight is 807 g/mol. The van der Waals surface area contributed by atoms with Gasteiger partial charge in [0, 0.05) is 69.4 Å². The molecule has 2 aromatic rings. The third-order valence-corrected chi connectivity index (χ3v) is 5.38. The van der Waals surface area contributed by atoms with Crippen LogP contribution in [0.1, 0.15) is 185 Å². The van der Waals surface area contributed by atoms with E-state index in [0.29, 0.717) is 7.11 Å². The van der Waals surface area contributed by atoms with Gasteiger partial charge in [0.05, 0.1) is 44.8 Å². The van der Waals surface area contributed by atoms with Crippen LogP contribution in [-0.2, 0) is 30.3 Å². The summed E-state index contributed by atoms with van der Waals surface area (Å²) in [5.41, 5.74) is -13.0. The van der Waals surface area contributed by atoms with Gasteiger partial charge in [0.2, 0.25) is 0 Å². The lowest BCUT2D eigenvalue weighted by atomic mass is 9.73. The van der Waals surface area contributed by atoms with Gasteiger partial charge in [-0.15, -0.1) is 0 Å². The summed E-state index contributed by atoms with van der Waals surface area (Å²) in [6.45, 7) is -47.2.